The molecule has 2 aliphatic heterocycles. The third kappa shape index (κ3) is 17.4. The quantitative estimate of drug-likeness (QED) is 0.0466. The Kier molecular flexibility index (Phi) is 23.2. The lowest BCUT2D eigenvalue weighted by Gasteiger charge is -2.32. The van der Waals surface area contributed by atoms with Gasteiger partial charge >= 0.3 is 5.97 Å². The zero-order valence-electron chi connectivity index (χ0n) is 36.7. The largest absolute Gasteiger partial charge is 0.481 e. The van der Waals surface area contributed by atoms with E-state index in [-0.39, 0.29) is 43.2 Å². The molecule has 2 heterocycles. The minimum absolute atomic E-state index is 0.0774. The van der Waals surface area contributed by atoms with Gasteiger partial charge in [0.05, 0.1) is 6.10 Å². The number of nitrogens with two attached hydrogens (primary N) is 2. The van der Waals surface area contributed by atoms with E-state index in [0.29, 0.717) is 32.2 Å². The molecule has 0 aromatic carbocycles. The molecule has 2 rings (SSSR count). The second-order valence-electron chi connectivity index (χ2n) is 16.1. The van der Waals surface area contributed by atoms with Gasteiger partial charge in [-0.05, 0) is 63.8 Å². The molecule has 10 atom stereocenters. The molecule has 13 N–H and O–H groups in total. The summed E-state index contributed by atoms with van der Waals surface area (Å²) in [6, 6.07) is -10.4. The molecular weight excluding hydrogens is 865 g/mol. The van der Waals surface area contributed by atoms with E-state index in [9.17, 15) is 53.1 Å². The lowest BCUT2D eigenvalue weighted by Crippen LogP contribution is -2.62. The molecule has 2 aliphatic rings. The molecule has 0 aliphatic carbocycles. The highest BCUT2D eigenvalue weighted by Gasteiger charge is 2.42. The molecule has 0 radical (unpaired) electrons. The minimum Gasteiger partial charge on any atom is -0.481 e. The third-order valence-corrected chi connectivity index (χ3v) is 13.1. The number of carbonyl (C=O) groups is 10. The van der Waals surface area contributed by atoms with Gasteiger partial charge in [0.15, 0.2) is 0 Å². The first-order chi connectivity index (χ1) is 29.6. The fourth-order valence-electron chi connectivity index (χ4n) is 6.81. The Hall–Kier alpha value is -4.68. The summed E-state index contributed by atoms with van der Waals surface area (Å²) in [6.07, 6.45) is -0.383. The van der Waals surface area contributed by atoms with E-state index in [2.05, 4.69) is 37.2 Å². The maximum Gasteiger partial charge on any atom is 0.303 e. The van der Waals surface area contributed by atoms with Crippen molar-refractivity contribution in [2.75, 3.05) is 24.6 Å². The van der Waals surface area contributed by atoms with Gasteiger partial charge < -0.3 is 63.8 Å². The molecular formula is C39H66N10O12S2. The molecule has 63 heavy (non-hydrogen) atoms. The molecule has 24 heteroatoms. The Morgan fingerprint density at radius 3 is 2.06 bits per heavy atom. The Balaban J connectivity index is 2.61. The van der Waals surface area contributed by atoms with Gasteiger partial charge in [-0.15, -0.1) is 0 Å². The monoisotopic (exact) mass is 930 g/mol. The molecule has 0 bridgehead atoms. The summed E-state index contributed by atoms with van der Waals surface area (Å²) in [7, 11) is 1.94. The van der Waals surface area contributed by atoms with Gasteiger partial charge in [0, 0.05) is 31.4 Å². The van der Waals surface area contributed by atoms with Gasteiger partial charge in [-0.1, -0.05) is 55.7 Å². The van der Waals surface area contributed by atoms with E-state index in [0.717, 1.165) is 21.6 Å². The number of hydrogen-bond acceptors (Lipinski definition) is 14. The van der Waals surface area contributed by atoms with Crippen LogP contribution in [0.1, 0.15) is 92.9 Å². The molecule has 2 saturated heterocycles. The van der Waals surface area contributed by atoms with Gasteiger partial charge in [0.1, 0.15) is 48.3 Å². The van der Waals surface area contributed by atoms with Crippen LogP contribution in [0.15, 0.2) is 0 Å². The number of aliphatic hydroxyl groups excluding tert-OH is 1. The SMILES string of the molecule is CC[C@H](C)[C@@H]1NC(=O)[C@H]2CCCN2C(=O)[C@H]([C@@H](C)O)NC(=O)[C@@H](NC(=O)[C@H](CCCCN)NC(=O)[C@@H](NC(C)=O)C(C)C)CSSC[C@@H](C(=O)N[C@@H](CCC(=O)O)C(N)=O)NC1=O. The Morgan fingerprint density at radius 1 is 0.841 bits per heavy atom. The van der Waals surface area contributed by atoms with E-state index in [4.69, 9.17) is 16.6 Å². The van der Waals surface area contributed by atoms with E-state index in [1.165, 1.54) is 18.7 Å². The van der Waals surface area contributed by atoms with Gasteiger partial charge in [0.2, 0.25) is 53.2 Å². The molecule has 2 fully saturated rings. The van der Waals surface area contributed by atoms with Gasteiger partial charge in [-0.2, -0.15) is 0 Å². The number of carbonyl (C=O) groups excluding carboxylic acids is 9. The van der Waals surface area contributed by atoms with Gasteiger partial charge in [0.25, 0.3) is 0 Å². The number of unbranched alkanes of at least 4 members (excludes halogenated alkanes) is 1. The van der Waals surface area contributed by atoms with E-state index in [1.807, 2.05) is 0 Å². The number of amides is 9. The molecule has 0 saturated carbocycles. The fraction of sp³-hybridized carbons (Fsp3) is 0.744. The molecule has 356 valence electrons. The smallest absolute Gasteiger partial charge is 0.303 e. The number of hydrogen-bond donors (Lipinski definition) is 11. The predicted molar refractivity (Wildman–Crippen MR) is 234 cm³/mol. The van der Waals surface area contributed by atoms with Crippen molar-refractivity contribution < 1.29 is 58.2 Å². The van der Waals surface area contributed by atoms with Gasteiger partial charge in [-0.25, -0.2) is 0 Å². The summed E-state index contributed by atoms with van der Waals surface area (Å²) in [4.78, 5) is 134. The van der Waals surface area contributed by atoms with E-state index < -0.39 is 126 Å². The zero-order valence-corrected chi connectivity index (χ0v) is 38.4. The highest BCUT2D eigenvalue weighted by atomic mass is 33.1. The number of fused-ring (bicyclic) bond motifs is 1. The Labute approximate surface area is 375 Å². The van der Waals surface area contributed by atoms with Crippen molar-refractivity contribution in [2.45, 2.75) is 147 Å². The summed E-state index contributed by atoms with van der Waals surface area (Å²) in [6.45, 7) is 9.79. The first-order valence-corrected chi connectivity index (χ1v) is 23.6. The maximum atomic E-state index is 14.1. The zero-order chi connectivity index (χ0) is 47.6. The van der Waals surface area contributed by atoms with Crippen molar-refractivity contribution in [1.29, 1.82) is 0 Å². The summed E-state index contributed by atoms with van der Waals surface area (Å²) >= 11 is 0. The van der Waals surface area contributed by atoms with Crippen molar-refractivity contribution in [2.24, 2.45) is 23.3 Å². The van der Waals surface area contributed by atoms with Gasteiger partial charge in [-0.3, -0.25) is 47.9 Å². The number of rotatable bonds is 19. The number of carboxylic acids is 1. The van der Waals surface area contributed by atoms with Crippen LogP contribution in [-0.2, 0) is 47.9 Å². The lowest BCUT2D eigenvalue weighted by molar-refractivity contribution is -0.144. The number of aliphatic carboxylic acids is 1. The predicted octanol–water partition coefficient (Wildman–Crippen LogP) is -2.65. The Morgan fingerprint density at radius 2 is 1.49 bits per heavy atom. The van der Waals surface area contributed by atoms with Crippen LogP contribution >= 0.6 is 21.6 Å². The van der Waals surface area contributed by atoms with E-state index in [1.54, 1.807) is 27.7 Å². The van der Waals surface area contributed by atoms with Crippen LogP contribution in [-0.4, -0.2) is 153 Å². The van der Waals surface area contributed by atoms with Crippen molar-refractivity contribution in [3.8, 4) is 0 Å². The Bertz CT molecular complexity index is 1660. The average molecular weight is 931 g/mol. The molecule has 0 spiro atoms. The number of aliphatic hydroxyl groups is 1. The number of nitrogens with zero attached hydrogens (tertiary/aromatic N) is 1. The first-order valence-electron chi connectivity index (χ1n) is 21.2. The van der Waals surface area contributed by atoms with Crippen LogP contribution in [0.5, 0.6) is 0 Å². The normalized spacial score (nSPS) is 23.9. The second kappa shape index (κ2) is 26.8. The average Bonchev–Trinajstić information content (AvgIpc) is 3.71. The van der Waals surface area contributed by atoms with Crippen LogP contribution in [0.2, 0.25) is 0 Å². The van der Waals surface area contributed by atoms with Crippen LogP contribution in [0.25, 0.3) is 0 Å². The van der Waals surface area contributed by atoms with Crippen molar-refractivity contribution in [3.63, 3.8) is 0 Å². The van der Waals surface area contributed by atoms with Crippen LogP contribution < -0.4 is 48.7 Å². The standard InChI is InChI=1S/C39H66N10O12S2/c1-7-20(4)30-38(60)46-25(34(56)43-23(32(41)54)13-14-28(52)53)17-62-63-18-26(35(57)48-31(21(5)50)39(61)49-16-10-12-27(49)36(58)47-30)45-33(55)24(11-8-9-15-40)44-37(59)29(19(2)3)42-22(6)51/h19-21,23-27,29-31,50H,7-18,40H2,1-6H3,(H2,41,54)(H,42,51)(H,43,56)(H,44,59)(H,45,55)(H,46,60)(H,47,58)(H,48,57)(H,52,53)/t20-,21+,23-,24-,25-,26-,27+,29-,30-,31-/m0/s1. The molecule has 0 aromatic rings. The molecule has 9 amide bonds. The topological polar surface area (TPSA) is 351 Å². The summed E-state index contributed by atoms with van der Waals surface area (Å²) < 4.78 is 0. The van der Waals surface area contributed by atoms with Crippen molar-refractivity contribution in [1.82, 2.24) is 42.1 Å². The fourth-order valence-corrected chi connectivity index (χ4v) is 9.14. The molecule has 22 nitrogen and oxygen atoms in total. The summed E-state index contributed by atoms with van der Waals surface area (Å²) in [5.41, 5.74) is 11.1. The minimum atomic E-state index is -1.58. The summed E-state index contributed by atoms with van der Waals surface area (Å²) in [5.74, 6) is -9.54. The maximum absolute atomic E-state index is 14.1. The van der Waals surface area contributed by atoms with Crippen LogP contribution in [0.4, 0.5) is 0 Å². The highest BCUT2D eigenvalue weighted by molar-refractivity contribution is 8.76. The summed E-state index contributed by atoms with van der Waals surface area (Å²) in [5, 5.41) is 38.2. The molecule has 0 aromatic heterocycles. The van der Waals surface area contributed by atoms with Crippen LogP contribution in [0, 0.1) is 11.8 Å². The molecule has 0 unspecified atom stereocenters. The second-order valence-corrected chi connectivity index (χ2v) is 18.7. The van der Waals surface area contributed by atoms with Crippen LogP contribution in [0.3, 0.4) is 0 Å². The third-order valence-electron chi connectivity index (χ3n) is 10.7. The first kappa shape index (κ1) is 54.5. The van der Waals surface area contributed by atoms with Crippen molar-refractivity contribution in [3.05, 3.63) is 0 Å². The number of nitrogens with one attached hydrogen (secondary N) is 7. The highest BCUT2D eigenvalue weighted by Crippen LogP contribution is 2.25. The lowest BCUT2D eigenvalue weighted by atomic mass is 9.97. The number of carboxylic acid groups (broad SMARTS) is 1. The van der Waals surface area contributed by atoms with Crippen molar-refractivity contribution >= 4 is 80.7 Å². The van der Waals surface area contributed by atoms with E-state index >= 15 is 0 Å². The number of primary amides is 1.